The van der Waals surface area contributed by atoms with Crippen LogP contribution in [-0.4, -0.2) is 35.0 Å². The number of carbonyl (C=O) groups is 1. The van der Waals surface area contributed by atoms with Gasteiger partial charge in [-0.2, -0.15) is 0 Å². The number of aliphatic hydroxyl groups is 1. The van der Waals surface area contributed by atoms with Gasteiger partial charge in [0.2, 0.25) is 0 Å². The summed E-state index contributed by atoms with van der Waals surface area (Å²) < 4.78 is 5.90. The van der Waals surface area contributed by atoms with Gasteiger partial charge in [-0.05, 0) is 37.5 Å². The summed E-state index contributed by atoms with van der Waals surface area (Å²) in [6.45, 7) is 3.08. The highest BCUT2D eigenvalue weighted by Gasteiger charge is 2.46. The number of carboxylic acids is 1. The lowest BCUT2D eigenvalue weighted by Gasteiger charge is -2.29. The summed E-state index contributed by atoms with van der Waals surface area (Å²) in [4.78, 5) is 10.5. The van der Waals surface area contributed by atoms with Gasteiger partial charge in [0.15, 0.2) is 0 Å². The van der Waals surface area contributed by atoms with E-state index < -0.39 is 5.97 Å². The minimum Gasteiger partial charge on any atom is -0.481 e. The normalized spacial score (nSPS) is 29.5. The van der Waals surface area contributed by atoms with E-state index in [1.54, 1.807) is 0 Å². The van der Waals surface area contributed by atoms with Gasteiger partial charge in [-0.25, -0.2) is 0 Å². The standard InChI is InChI=1S/C21H36O4/c1-2-3-6-9-17(22)12-13-19-18(16-14-20(19)25-15-16)10-7-4-5-8-11-21(23)24/h12-13,16-20,22H,2-11,14-15H2,1H3,(H,23,24)/b13-12+/t16-,17-,18-,19+,20+/m0/s1. The summed E-state index contributed by atoms with van der Waals surface area (Å²) >= 11 is 0. The predicted molar refractivity (Wildman–Crippen MR) is 99.5 cm³/mol. The molecule has 1 aliphatic heterocycles. The average molecular weight is 353 g/mol. The Balaban J connectivity index is 1.71. The Hall–Kier alpha value is -0.870. The van der Waals surface area contributed by atoms with Crippen molar-refractivity contribution < 1.29 is 19.7 Å². The van der Waals surface area contributed by atoms with Crippen molar-refractivity contribution in [2.45, 2.75) is 89.8 Å². The fourth-order valence-electron chi connectivity index (χ4n) is 4.50. The van der Waals surface area contributed by atoms with E-state index >= 15 is 0 Å². The molecule has 2 fully saturated rings. The highest BCUT2D eigenvalue weighted by Crippen LogP contribution is 2.47. The molecule has 0 radical (unpaired) electrons. The zero-order valence-corrected chi connectivity index (χ0v) is 15.7. The van der Waals surface area contributed by atoms with Crippen molar-refractivity contribution in [2.75, 3.05) is 6.61 Å². The number of carboxylic acid groups (broad SMARTS) is 1. The van der Waals surface area contributed by atoms with Crippen molar-refractivity contribution in [1.82, 2.24) is 0 Å². The van der Waals surface area contributed by atoms with Gasteiger partial charge >= 0.3 is 5.97 Å². The van der Waals surface area contributed by atoms with Gasteiger partial charge in [-0.3, -0.25) is 4.79 Å². The third-order valence-electron chi connectivity index (χ3n) is 5.93. The molecule has 0 aromatic carbocycles. The van der Waals surface area contributed by atoms with Gasteiger partial charge in [-0.1, -0.05) is 57.6 Å². The third-order valence-corrected chi connectivity index (χ3v) is 5.93. The van der Waals surface area contributed by atoms with Crippen LogP contribution in [0.2, 0.25) is 0 Å². The Morgan fingerprint density at radius 3 is 2.76 bits per heavy atom. The van der Waals surface area contributed by atoms with Crippen LogP contribution in [0.5, 0.6) is 0 Å². The molecular formula is C21H36O4. The number of unbranched alkanes of at least 4 members (excludes halogenated alkanes) is 5. The number of hydrogen-bond donors (Lipinski definition) is 2. The summed E-state index contributed by atoms with van der Waals surface area (Å²) in [6, 6.07) is 0. The van der Waals surface area contributed by atoms with Crippen LogP contribution in [0.4, 0.5) is 0 Å². The molecule has 2 rings (SSSR count). The Labute approximate surface area is 152 Å². The zero-order valence-electron chi connectivity index (χ0n) is 15.7. The minimum absolute atomic E-state index is 0.295. The summed E-state index contributed by atoms with van der Waals surface area (Å²) in [5.41, 5.74) is 0. The molecule has 2 N–H and O–H groups in total. The lowest BCUT2D eigenvalue weighted by atomic mass is 9.83. The summed E-state index contributed by atoms with van der Waals surface area (Å²) in [5, 5.41) is 18.8. The largest absolute Gasteiger partial charge is 0.481 e. The maximum atomic E-state index is 10.5. The minimum atomic E-state index is -0.687. The highest BCUT2D eigenvalue weighted by atomic mass is 16.5. The van der Waals surface area contributed by atoms with E-state index in [0.717, 1.165) is 38.7 Å². The molecule has 1 heterocycles. The van der Waals surface area contributed by atoms with Crippen molar-refractivity contribution in [3.05, 3.63) is 12.2 Å². The maximum Gasteiger partial charge on any atom is 0.303 e. The number of fused-ring (bicyclic) bond motifs is 2. The molecule has 2 aliphatic rings. The smallest absolute Gasteiger partial charge is 0.303 e. The molecule has 0 aromatic heterocycles. The summed E-state index contributed by atoms with van der Waals surface area (Å²) in [5.74, 6) is 1.12. The van der Waals surface area contributed by atoms with Crippen molar-refractivity contribution >= 4 is 5.97 Å². The van der Waals surface area contributed by atoms with Crippen LogP contribution < -0.4 is 0 Å². The van der Waals surface area contributed by atoms with Crippen molar-refractivity contribution in [1.29, 1.82) is 0 Å². The van der Waals surface area contributed by atoms with E-state index in [0.29, 0.717) is 30.3 Å². The van der Waals surface area contributed by atoms with E-state index in [2.05, 4.69) is 13.0 Å². The molecule has 2 bridgehead atoms. The van der Waals surface area contributed by atoms with Gasteiger partial charge in [-0.15, -0.1) is 0 Å². The zero-order chi connectivity index (χ0) is 18.1. The highest BCUT2D eigenvalue weighted by molar-refractivity contribution is 5.66. The maximum absolute atomic E-state index is 10.5. The molecule has 5 atom stereocenters. The number of aliphatic hydroxyl groups excluding tert-OH is 1. The molecule has 0 aromatic rings. The average Bonchev–Trinajstić information content (AvgIpc) is 3.17. The first kappa shape index (κ1) is 20.4. The monoisotopic (exact) mass is 352 g/mol. The van der Waals surface area contributed by atoms with E-state index in [-0.39, 0.29) is 6.10 Å². The molecule has 0 amide bonds. The van der Waals surface area contributed by atoms with Gasteiger partial charge in [0.1, 0.15) is 0 Å². The fourth-order valence-corrected chi connectivity index (χ4v) is 4.50. The van der Waals surface area contributed by atoms with Gasteiger partial charge in [0.25, 0.3) is 0 Å². The van der Waals surface area contributed by atoms with E-state index in [1.165, 1.54) is 32.1 Å². The lowest BCUT2D eigenvalue weighted by Crippen LogP contribution is -2.28. The Morgan fingerprint density at radius 1 is 1.20 bits per heavy atom. The predicted octanol–water partition coefficient (Wildman–Crippen LogP) is 4.56. The van der Waals surface area contributed by atoms with Crippen LogP contribution in [0.3, 0.4) is 0 Å². The Bertz CT molecular complexity index is 420. The van der Waals surface area contributed by atoms with Crippen molar-refractivity contribution in [2.24, 2.45) is 17.8 Å². The second-order valence-corrected chi connectivity index (χ2v) is 7.90. The van der Waals surface area contributed by atoms with Crippen molar-refractivity contribution in [3.63, 3.8) is 0 Å². The SMILES string of the molecule is CCCCC[C@H](O)/C=C/[C@@H]1[C@@H](CCCCCCC(=O)O)[C@@H]2CO[C@@H]1C2. The number of rotatable bonds is 13. The molecule has 4 nitrogen and oxygen atoms in total. The number of aliphatic carboxylic acids is 1. The molecule has 4 heteroatoms. The van der Waals surface area contributed by atoms with Crippen LogP contribution in [0, 0.1) is 17.8 Å². The third kappa shape index (κ3) is 6.74. The number of ether oxygens (including phenoxy) is 1. The summed E-state index contributed by atoms with van der Waals surface area (Å²) in [6.07, 6.45) is 15.4. The van der Waals surface area contributed by atoms with Crippen LogP contribution in [0.1, 0.15) is 77.6 Å². The van der Waals surface area contributed by atoms with E-state index in [1.807, 2.05) is 6.08 Å². The first-order chi connectivity index (χ1) is 12.1. The van der Waals surface area contributed by atoms with Crippen LogP contribution in [-0.2, 0) is 9.53 Å². The van der Waals surface area contributed by atoms with Crippen LogP contribution >= 0.6 is 0 Å². The van der Waals surface area contributed by atoms with Crippen LogP contribution in [0.25, 0.3) is 0 Å². The molecule has 0 unspecified atom stereocenters. The molecule has 1 saturated heterocycles. The summed E-state index contributed by atoms with van der Waals surface area (Å²) in [7, 11) is 0. The molecule has 144 valence electrons. The van der Waals surface area contributed by atoms with Gasteiger partial charge in [0, 0.05) is 12.3 Å². The van der Waals surface area contributed by atoms with E-state index in [4.69, 9.17) is 9.84 Å². The van der Waals surface area contributed by atoms with Crippen LogP contribution in [0.15, 0.2) is 12.2 Å². The molecule has 25 heavy (non-hydrogen) atoms. The number of hydrogen-bond acceptors (Lipinski definition) is 3. The first-order valence-electron chi connectivity index (χ1n) is 10.3. The Morgan fingerprint density at radius 2 is 2.00 bits per heavy atom. The van der Waals surface area contributed by atoms with Gasteiger partial charge in [0.05, 0.1) is 18.8 Å². The molecular weight excluding hydrogens is 316 g/mol. The molecule has 0 spiro atoms. The second kappa shape index (κ2) is 11.0. The fraction of sp³-hybridized carbons (Fsp3) is 0.857. The topological polar surface area (TPSA) is 66.8 Å². The lowest BCUT2D eigenvalue weighted by molar-refractivity contribution is -0.137. The van der Waals surface area contributed by atoms with Gasteiger partial charge < -0.3 is 14.9 Å². The Kier molecular flexibility index (Phi) is 8.97. The van der Waals surface area contributed by atoms with E-state index in [9.17, 15) is 9.90 Å². The van der Waals surface area contributed by atoms with Crippen molar-refractivity contribution in [3.8, 4) is 0 Å². The molecule has 1 saturated carbocycles. The first-order valence-corrected chi connectivity index (χ1v) is 10.3. The second-order valence-electron chi connectivity index (χ2n) is 7.90. The molecule has 1 aliphatic carbocycles. The quantitative estimate of drug-likeness (QED) is 0.377.